The van der Waals surface area contributed by atoms with Crippen LogP contribution in [0, 0.1) is 5.92 Å². The Morgan fingerprint density at radius 1 is 1.45 bits per heavy atom. The number of anilines is 1. The van der Waals surface area contributed by atoms with Gasteiger partial charge in [-0.2, -0.15) is 0 Å². The van der Waals surface area contributed by atoms with Crippen LogP contribution >= 0.6 is 0 Å². The molecule has 0 aromatic heterocycles. The van der Waals surface area contributed by atoms with E-state index in [1.54, 1.807) is 23.1 Å². The average molecular weight is 274 g/mol. The lowest BCUT2D eigenvalue weighted by atomic mass is 10.1. The zero-order chi connectivity index (χ0) is 14.3. The fourth-order valence-electron chi connectivity index (χ4n) is 2.50. The fourth-order valence-corrected chi connectivity index (χ4v) is 2.50. The lowest BCUT2D eigenvalue weighted by Gasteiger charge is -2.26. The van der Waals surface area contributed by atoms with Crippen molar-refractivity contribution in [3.05, 3.63) is 23.8 Å². The second kappa shape index (κ2) is 4.81. The second-order valence-corrected chi connectivity index (χ2v) is 5.54. The highest BCUT2D eigenvalue weighted by molar-refractivity contribution is 5.99. The lowest BCUT2D eigenvalue weighted by molar-refractivity contribution is -0.118. The number of nitrogens with zero attached hydrogens (tertiary/aromatic N) is 1. The molecular formula is C15H18N2O3. The van der Waals surface area contributed by atoms with Crippen molar-refractivity contribution in [2.24, 2.45) is 5.92 Å². The van der Waals surface area contributed by atoms with Gasteiger partial charge < -0.3 is 15.0 Å². The molecule has 0 radical (unpaired) electrons. The lowest BCUT2D eigenvalue weighted by Crippen LogP contribution is -2.36. The topological polar surface area (TPSA) is 58.6 Å². The molecular weight excluding hydrogens is 256 g/mol. The van der Waals surface area contributed by atoms with Crippen LogP contribution in [0.2, 0.25) is 0 Å². The maximum absolute atomic E-state index is 12.5. The monoisotopic (exact) mass is 274 g/mol. The van der Waals surface area contributed by atoms with Crippen molar-refractivity contribution in [2.45, 2.75) is 25.8 Å². The van der Waals surface area contributed by atoms with Crippen LogP contribution in [0.4, 0.5) is 5.69 Å². The Labute approximate surface area is 117 Å². The van der Waals surface area contributed by atoms with E-state index in [-0.39, 0.29) is 24.5 Å². The quantitative estimate of drug-likeness (QED) is 0.915. The number of benzene rings is 1. The van der Waals surface area contributed by atoms with Crippen molar-refractivity contribution in [3.63, 3.8) is 0 Å². The van der Waals surface area contributed by atoms with Gasteiger partial charge in [0, 0.05) is 18.7 Å². The zero-order valence-corrected chi connectivity index (χ0v) is 11.7. The second-order valence-electron chi connectivity index (χ2n) is 5.54. The predicted molar refractivity (Wildman–Crippen MR) is 74.8 cm³/mol. The molecule has 1 aromatic rings. The smallest absolute Gasteiger partial charge is 0.262 e. The highest BCUT2D eigenvalue weighted by atomic mass is 16.5. The summed E-state index contributed by atoms with van der Waals surface area (Å²) in [4.78, 5) is 25.6. The number of hydrogen-bond acceptors (Lipinski definition) is 3. The fraction of sp³-hybridized carbons (Fsp3) is 0.467. The molecule has 1 saturated carbocycles. The first-order valence-corrected chi connectivity index (χ1v) is 6.90. The van der Waals surface area contributed by atoms with E-state index in [9.17, 15) is 9.59 Å². The Hall–Kier alpha value is -2.04. The Balaban J connectivity index is 1.81. The highest BCUT2D eigenvalue weighted by Crippen LogP contribution is 2.35. The largest absolute Gasteiger partial charge is 0.482 e. The number of hydrogen-bond donors (Lipinski definition) is 1. The zero-order valence-electron chi connectivity index (χ0n) is 11.7. The maximum Gasteiger partial charge on any atom is 0.262 e. The SMILES string of the molecule is CC(C1CC1)N(C)C(=O)c1ccc2c(c1)NC(=O)CO2. The van der Waals surface area contributed by atoms with E-state index in [4.69, 9.17) is 4.74 Å². The number of carbonyl (C=O) groups is 2. The van der Waals surface area contributed by atoms with Gasteiger partial charge in [-0.1, -0.05) is 0 Å². The van der Waals surface area contributed by atoms with Gasteiger partial charge in [0.15, 0.2) is 6.61 Å². The summed E-state index contributed by atoms with van der Waals surface area (Å²) in [5, 5.41) is 2.72. The van der Waals surface area contributed by atoms with Gasteiger partial charge in [-0.25, -0.2) is 0 Å². The van der Waals surface area contributed by atoms with Gasteiger partial charge in [0.2, 0.25) is 0 Å². The first-order chi connectivity index (χ1) is 9.56. The number of ether oxygens (including phenoxy) is 1. The summed E-state index contributed by atoms with van der Waals surface area (Å²) >= 11 is 0. The molecule has 2 aliphatic rings. The van der Waals surface area contributed by atoms with E-state index in [2.05, 4.69) is 12.2 Å². The minimum atomic E-state index is -0.193. The van der Waals surface area contributed by atoms with Gasteiger partial charge in [-0.3, -0.25) is 9.59 Å². The van der Waals surface area contributed by atoms with Crippen molar-refractivity contribution in [1.82, 2.24) is 4.90 Å². The van der Waals surface area contributed by atoms with Gasteiger partial charge in [-0.05, 0) is 43.9 Å². The van der Waals surface area contributed by atoms with Crippen LogP contribution in [0.25, 0.3) is 0 Å². The Morgan fingerprint density at radius 2 is 2.20 bits per heavy atom. The minimum absolute atomic E-state index is 0.0213. The molecule has 5 nitrogen and oxygen atoms in total. The number of fused-ring (bicyclic) bond motifs is 1. The van der Waals surface area contributed by atoms with Crippen molar-refractivity contribution in [2.75, 3.05) is 19.0 Å². The van der Waals surface area contributed by atoms with Crippen LogP contribution in [0.3, 0.4) is 0 Å². The van der Waals surface area contributed by atoms with Crippen molar-refractivity contribution >= 4 is 17.5 Å². The molecule has 1 fully saturated rings. The molecule has 20 heavy (non-hydrogen) atoms. The standard InChI is InChI=1S/C15H18N2O3/c1-9(10-3-4-10)17(2)15(19)11-5-6-13-12(7-11)16-14(18)8-20-13/h5-7,9-10H,3-4,8H2,1-2H3,(H,16,18). The summed E-state index contributed by atoms with van der Waals surface area (Å²) in [6, 6.07) is 5.42. The van der Waals surface area contributed by atoms with Gasteiger partial charge in [0.05, 0.1) is 5.69 Å². The predicted octanol–water partition coefficient (Wildman–Crippen LogP) is 1.89. The van der Waals surface area contributed by atoms with Gasteiger partial charge in [0.25, 0.3) is 11.8 Å². The van der Waals surface area contributed by atoms with Crippen molar-refractivity contribution in [1.29, 1.82) is 0 Å². The average Bonchev–Trinajstić information content (AvgIpc) is 3.28. The molecule has 1 unspecified atom stereocenters. The van der Waals surface area contributed by atoms with Gasteiger partial charge in [-0.15, -0.1) is 0 Å². The Morgan fingerprint density at radius 3 is 2.90 bits per heavy atom. The summed E-state index contributed by atoms with van der Waals surface area (Å²) in [7, 11) is 1.83. The molecule has 3 rings (SSSR count). The molecule has 106 valence electrons. The molecule has 1 aliphatic heterocycles. The Kier molecular flexibility index (Phi) is 3.12. The molecule has 0 spiro atoms. The van der Waals surface area contributed by atoms with Crippen molar-refractivity contribution in [3.8, 4) is 5.75 Å². The van der Waals surface area contributed by atoms with E-state index in [0.717, 1.165) is 0 Å². The molecule has 1 N–H and O–H groups in total. The number of amides is 2. The number of carbonyl (C=O) groups excluding carboxylic acids is 2. The number of rotatable bonds is 3. The third-order valence-corrected chi connectivity index (χ3v) is 4.09. The van der Waals surface area contributed by atoms with E-state index in [1.807, 2.05) is 7.05 Å². The summed E-state index contributed by atoms with van der Waals surface area (Å²) in [6.45, 7) is 2.11. The minimum Gasteiger partial charge on any atom is -0.482 e. The van der Waals surface area contributed by atoms with Crippen LogP contribution in [-0.4, -0.2) is 36.4 Å². The van der Waals surface area contributed by atoms with E-state index < -0.39 is 0 Å². The van der Waals surface area contributed by atoms with E-state index in [1.165, 1.54) is 12.8 Å². The molecule has 1 aliphatic carbocycles. The normalized spacial score (nSPS) is 18.6. The van der Waals surface area contributed by atoms with Crippen LogP contribution in [-0.2, 0) is 4.79 Å². The maximum atomic E-state index is 12.5. The van der Waals surface area contributed by atoms with Crippen molar-refractivity contribution < 1.29 is 14.3 Å². The first kappa shape index (κ1) is 13.0. The highest BCUT2D eigenvalue weighted by Gasteiger charge is 2.33. The summed E-state index contributed by atoms with van der Waals surface area (Å²) in [6.07, 6.45) is 2.40. The molecule has 1 aromatic carbocycles. The summed E-state index contributed by atoms with van der Waals surface area (Å²) in [5.74, 6) is 1.03. The third kappa shape index (κ3) is 2.35. The molecule has 1 heterocycles. The van der Waals surface area contributed by atoms with E-state index in [0.29, 0.717) is 22.9 Å². The van der Waals surface area contributed by atoms with Crippen LogP contribution in [0.1, 0.15) is 30.1 Å². The van der Waals surface area contributed by atoms with Crippen LogP contribution in [0.5, 0.6) is 5.75 Å². The molecule has 0 bridgehead atoms. The summed E-state index contributed by atoms with van der Waals surface area (Å²) in [5.41, 5.74) is 1.14. The van der Waals surface area contributed by atoms with Crippen LogP contribution < -0.4 is 10.1 Å². The third-order valence-electron chi connectivity index (χ3n) is 4.09. The first-order valence-electron chi connectivity index (χ1n) is 6.90. The number of nitrogens with one attached hydrogen (secondary N) is 1. The molecule has 2 amide bonds. The molecule has 0 saturated heterocycles. The Bertz CT molecular complexity index is 566. The molecule has 1 atom stereocenters. The van der Waals surface area contributed by atoms with Gasteiger partial charge in [0.1, 0.15) is 5.75 Å². The van der Waals surface area contributed by atoms with E-state index >= 15 is 0 Å². The summed E-state index contributed by atoms with van der Waals surface area (Å²) < 4.78 is 5.29. The van der Waals surface area contributed by atoms with Gasteiger partial charge >= 0.3 is 0 Å². The molecule has 5 heteroatoms. The van der Waals surface area contributed by atoms with Crippen LogP contribution in [0.15, 0.2) is 18.2 Å².